The van der Waals surface area contributed by atoms with Gasteiger partial charge in [0.15, 0.2) is 4.75 Å². The first-order valence-corrected chi connectivity index (χ1v) is 8.93. The number of thioether (sulfide) groups is 1. The number of benzene rings is 1. The van der Waals surface area contributed by atoms with Crippen molar-refractivity contribution in [2.24, 2.45) is 0 Å². The molecule has 0 radical (unpaired) electrons. The minimum Gasteiger partial charge on any atom is -0.354 e. The second-order valence-electron chi connectivity index (χ2n) is 5.72. The predicted octanol–water partition coefficient (Wildman–Crippen LogP) is 2.34. The van der Waals surface area contributed by atoms with Crippen LogP contribution in [0.3, 0.4) is 0 Å². The molecule has 1 aliphatic rings. The van der Waals surface area contributed by atoms with Gasteiger partial charge in [0.2, 0.25) is 11.8 Å². The highest BCUT2D eigenvalue weighted by Crippen LogP contribution is 2.42. The molecule has 23 heavy (non-hydrogen) atoms. The van der Waals surface area contributed by atoms with Gasteiger partial charge in [-0.15, -0.1) is 0 Å². The summed E-state index contributed by atoms with van der Waals surface area (Å²) in [5, 5.41) is 5.74. The molecule has 6 heteroatoms. The fourth-order valence-electron chi connectivity index (χ4n) is 2.53. The molecule has 1 aromatic rings. The number of amides is 2. The van der Waals surface area contributed by atoms with Gasteiger partial charge in [0.25, 0.3) is 0 Å². The van der Waals surface area contributed by atoms with E-state index in [0.29, 0.717) is 6.54 Å². The summed E-state index contributed by atoms with van der Waals surface area (Å²) in [5.74, 6) is -0.489. The number of anilines is 1. The molecule has 2 rings (SSSR count). The highest BCUT2D eigenvalue weighted by atomic mass is 32.2. The summed E-state index contributed by atoms with van der Waals surface area (Å²) in [6.07, 6.45) is 0.881. The van der Waals surface area contributed by atoms with E-state index >= 15 is 0 Å². The Labute approximate surface area is 142 Å². The second kappa shape index (κ2) is 7.84. The van der Waals surface area contributed by atoms with Gasteiger partial charge in [-0.25, -0.2) is 0 Å². The number of nitrogens with zero attached hydrogens (tertiary/aromatic N) is 1. The van der Waals surface area contributed by atoms with Crippen molar-refractivity contribution < 1.29 is 9.59 Å². The van der Waals surface area contributed by atoms with Gasteiger partial charge in [0.05, 0.1) is 5.69 Å². The molecule has 5 nitrogen and oxygen atoms in total. The molecule has 2 amide bonds. The molecule has 0 aromatic heterocycles. The van der Waals surface area contributed by atoms with Crippen LogP contribution in [0.1, 0.15) is 27.2 Å². The molecule has 1 aliphatic heterocycles. The summed E-state index contributed by atoms with van der Waals surface area (Å²) in [5.41, 5.74) is 0.773. The van der Waals surface area contributed by atoms with Crippen LogP contribution in [0.25, 0.3) is 0 Å². The Kier molecular flexibility index (Phi) is 6.07. The molecule has 1 atom stereocenters. The van der Waals surface area contributed by atoms with E-state index in [9.17, 15) is 9.59 Å². The molecule has 0 saturated carbocycles. The van der Waals surface area contributed by atoms with Crippen molar-refractivity contribution >= 4 is 29.3 Å². The number of hydrogen-bond donors (Lipinski definition) is 2. The third-order valence-corrected chi connectivity index (χ3v) is 5.50. The highest BCUT2D eigenvalue weighted by Gasteiger charge is 2.45. The number of hydrogen-bond acceptors (Lipinski definition) is 4. The Balaban J connectivity index is 1.92. The molecule has 2 N–H and O–H groups in total. The van der Waals surface area contributed by atoms with E-state index in [1.807, 2.05) is 24.3 Å². The van der Waals surface area contributed by atoms with Crippen LogP contribution in [0.4, 0.5) is 5.69 Å². The zero-order valence-corrected chi connectivity index (χ0v) is 14.8. The maximum Gasteiger partial charge on any atom is 0.250 e. The summed E-state index contributed by atoms with van der Waals surface area (Å²) in [6.45, 7) is 9.50. The number of nitrogens with one attached hydrogen (secondary N) is 2. The Morgan fingerprint density at radius 3 is 2.70 bits per heavy atom. The lowest BCUT2D eigenvalue weighted by molar-refractivity contribution is -0.129. The van der Waals surface area contributed by atoms with E-state index in [1.54, 1.807) is 6.92 Å². The zero-order chi connectivity index (χ0) is 16.9. The van der Waals surface area contributed by atoms with Crippen molar-refractivity contribution in [1.82, 2.24) is 10.2 Å². The first kappa shape index (κ1) is 17.8. The van der Waals surface area contributed by atoms with Gasteiger partial charge >= 0.3 is 0 Å². The van der Waals surface area contributed by atoms with Crippen LogP contribution >= 0.6 is 11.8 Å². The van der Waals surface area contributed by atoms with Gasteiger partial charge < -0.3 is 15.5 Å². The third kappa shape index (κ3) is 4.06. The second-order valence-corrected chi connectivity index (χ2v) is 7.18. The maximum atomic E-state index is 12.5. The van der Waals surface area contributed by atoms with Crippen LogP contribution in [-0.2, 0) is 9.59 Å². The topological polar surface area (TPSA) is 61.4 Å². The summed E-state index contributed by atoms with van der Waals surface area (Å²) >= 11 is 1.31. The van der Waals surface area contributed by atoms with E-state index < -0.39 is 4.75 Å². The average molecular weight is 335 g/mol. The Morgan fingerprint density at radius 2 is 2.00 bits per heavy atom. The monoisotopic (exact) mass is 335 g/mol. The lowest BCUT2D eigenvalue weighted by Crippen LogP contribution is -2.52. The summed E-state index contributed by atoms with van der Waals surface area (Å²) < 4.78 is -1.12. The van der Waals surface area contributed by atoms with Crippen molar-refractivity contribution in [2.75, 3.05) is 31.5 Å². The van der Waals surface area contributed by atoms with Gasteiger partial charge in [-0.3, -0.25) is 9.59 Å². The standard InChI is InChI=1S/C17H25N3O2S/c1-4-20(5-2)12-8-11-18-15(21)17(3)16(22)19-13-9-6-7-10-14(13)23-17/h6-7,9-10H,4-5,8,11-12H2,1-3H3,(H,18,21)(H,19,22). The molecule has 1 unspecified atom stereocenters. The van der Waals surface area contributed by atoms with E-state index in [2.05, 4.69) is 29.4 Å². The van der Waals surface area contributed by atoms with E-state index in [4.69, 9.17) is 0 Å². The Morgan fingerprint density at radius 1 is 1.30 bits per heavy atom. The lowest BCUT2D eigenvalue weighted by atomic mass is 10.1. The Bertz CT molecular complexity index is 575. The molecule has 1 heterocycles. The molecule has 0 bridgehead atoms. The van der Waals surface area contributed by atoms with Crippen molar-refractivity contribution in [2.45, 2.75) is 36.8 Å². The van der Waals surface area contributed by atoms with Crippen LogP contribution in [0, 0.1) is 0 Å². The third-order valence-electron chi connectivity index (χ3n) is 4.15. The number of para-hydroxylation sites is 1. The highest BCUT2D eigenvalue weighted by molar-refractivity contribution is 8.02. The van der Waals surface area contributed by atoms with Crippen molar-refractivity contribution in [3.05, 3.63) is 24.3 Å². The van der Waals surface area contributed by atoms with E-state index in [1.165, 1.54) is 11.8 Å². The van der Waals surface area contributed by atoms with Crippen LogP contribution in [0.2, 0.25) is 0 Å². The Hall–Kier alpha value is -1.53. The molecule has 0 spiro atoms. The smallest absolute Gasteiger partial charge is 0.250 e. The first-order valence-electron chi connectivity index (χ1n) is 8.11. The largest absolute Gasteiger partial charge is 0.354 e. The number of carbonyl (C=O) groups is 2. The van der Waals surface area contributed by atoms with Crippen LogP contribution in [0.5, 0.6) is 0 Å². The van der Waals surface area contributed by atoms with Crippen LogP contribution < -0.4 is 10.6 Å². The molecular formula is C17H25N3O2S. The number of fused-ring (bicyclic) bond motifs is 1. The fraction of sp³-hybridized carbons (Fsp3) is 0.529. The minimum absolute atomic E-state index is 0.228. The van der Waals surface area contributed by atoms with Gasteiger partial charge in [-0.1, -0.05) is 37.7 Å². The minimum atomic E-state index is -1.12. The molecule has 126 valence electrons. The predicted molar refractivity (Wildman–Crippen MR) is 94.7 cm³/mol. The number of rotatable bonds is 7. The van der Waals surface area contributed by atoms with Crippen molar-refractivity contribution in [1.29, 1.82) is 0 Å². The SMILES string of the molecule is CCN(CC)CCCNC(=O)C1(C)Sc2ccccc2NC1=O. The molecule has 0 aliphatic carbocycles. The number of carbonyl (C=O) groups excluding carboxylic acids is 2. The van der Waals surface area contributed by atoms with Gasteiger partial charge in [0, 0.05) is 11.4 Å². The summed E-state index contributed by atoms with van der Waals surface area (Å²) in [4.78, 5) is 28.1. The van der Waals surface area contributed by atoms with Crippen molar-refractivity contribution in [3.8, 4) is 0 Å². The fourth-order valence-corrected chi connectivity index (χ4v) is 3.65. The zero-order valence-electron chi connectivity index (χ0n) is 14.0. The lowest BCUT2D eigenvalue weighted by Gasteiger charge is -2.31. The molecule has 0 fully saturated rings. The van der Waals surface area contributed by atoms with E-state index in [-0.39, 0.29) is 11.8 Å². The summed E-state index contributed by atoms with van der Waals surface area (Å²) in [6, 6.07) is 7.55. The average Bonchev–Trinajstić information content (AvgIpc) is 2.55. The van der Waals surface area contributed by atoms with E-state index in [0.717, 1.165) is 36.6 Å². The van der Waals surface area contributed by atoms with Crippen LogP contribution in [-0.4, -0.2) is 47.6 Å². The molecule has 1 aromatic carbocycles. The van der Waals surface area contributed by atoms with Gasteiger partial charge in [-0.2, -0.15) is 0 Å². The quantitative estimate of drug-likeness (QED) is 0.593. The molecule has 0 saturated heterocycles. The van der Waals surface area contributed by atoms with Crippen molar-refractivity contribution in [3.63, 3.8) is 0 Å². The van der Waals surface area contributed by atoms with Gasteiger partial charge in [-0.05, 0) is 45.1 Å². The van der Waals surface area contributed by atoms with Crippen LogP contribution in [0.15, 0.2) is 29.2 Å². The maximum absolute atomic E-state index is 12.5. The first-order chi connectivity index (χ1) is 11.0. The van der Waals surface area contributed by atoms with Gasteiger partial charge in [0.1, 0.15) is 0 Å². The summed E-state index contributed by atoms with van der Waals surface area (Å²) in [7, 11) is 0. The normalized spacial score (nSPS) is 20.1. The molecular weight excluding hydrogens is 310 g/mol.